The number of non-ortho nitro benzene ring substituents is 1. The van der Waals surface area contributed by atoms with E-state index in [4.69, 9.17) is 4.74 Å². The minimum absolute atomic E-state index is 0.0195. The van der Waals surface area contributed by atoms with Crippen LogP contribution in [0.15, 0.2) is 80.8 Å². The Kier molecular flexibility index (Phi) is 8.02. The summed E-state index contributed by atoms with van der Waals surface area (Å²) in [6.07, 6.45) is 1.58. The summed E-state index contributed by atoms with van der Waals surface area (Å²) in [5.74, 6) is 1.25. The molecule has 36 heavy (non-hydrogen) atoms. The van der Waals surface area contributed by atoms with Crippen molar-refractivity contribution < 1.29 is 9.66 Å². The highest BCUT2D eigenvalue weighted by molar-refractivity contribution is 9.11. The van der Waals surface area contributed by atoms with E-state index in [0.29, 0.717) is 17.0 Å². The number of rotatable bonds is 9. The third-order valence-corrected chi connectivity index (χ3v) is 5.66. The molecule has 3 N–H and O–H groups in total. The van der Waals surface area contributed by atoms with Gasteiger partial charge in [0, 0.05) is 33.5 Å². The number of ether oxygens (including phenoxy) is 1. The fourth-order valence-corrected chi connectivity index (χ4v) is 4.46. The predicted octanol–water partition coefficient (Wildman–Crippen LogP) is 6.25. The van der Waals surface area contributed by atoms with Gasteiger partial charge in [0.2, 0.25) is 17.8 Å². The molecule has 0 spiro atoms. The Morgan fingerprint density at radius 2 is 1.53 bits per heavy atom. The molecule has 182 valence electrons. The lowest BCUT2D eigenvalue weighted by Gasteiger charge is -2.10. The smallest absolute Gasteiger partial charge is 0.269 e. The van der Waals surface area contributed by atoms with Gasteiger partial charge in [-0.05, 0) is 52.3 Å². The second-order valence-electron chi connectivity index (χ2n) is 7.11. The van der Waals surface area contributed by atoms with Gasteiger partial charge < -0.3 is 15.4 Å². The molecule has 4 aromatic rings. The van der Waals surface area contributed by atoms with Gasteiger partial charge in [-0.25, -0.2) is 5.43 Å². The molecule has 0 amide bonds. The first-order chi connectivity index (χ1) is 17.4. The van der Waals surface area contributed by atoms with Crippen molar-refractivity contribution in [3.8, 4) is 5.75 Å². The highest BCUT2D eigenvalue weighted by atomic mass is 79.9. The van der Waals surface area contributed by atoms with Crippen molar-refractivity contribution in [1.29, 1.82) is 0 Å². The van der Waals surface area contributed by atoms with E-state index in [1.54, 1.807) is 25.5 Å². The number of hydrogen-bond donors (Lipinski definition) is 3. The first kappa shape index (κ1) is 25.0. The minimum Gasteiger partial charge on any atom is -0.495 e. The molecule has 1 aromatic heterocycles. The van der Waals surface area contributed by atoms with Gasteiger partial charge in [0.15, 0.2) is 0 Å². The lowest BCUT2D eigenvalue weighted by atomic mass is 10.2. The maximum atomic E-state index is 10.9. The molecule has 1 heterocycles. The van der Waals surface area contributed by atoms with Gasteiger partial charge in [0.05, 0.1) is 22.7 Å². The quantitative estimate of drug-likeness (QED) is 0.114. The molecule has 0 radical (unpaired) electrons. The molecule has 11 nitrogen and oxygen atoms in total. The first-order valence-corrected chi connectivity index (χ1v) is 11.9. The zero-order valence-corrected chi connectivity index (χ0v) is 21.8. The Morgan fingerprint density at radius 3 is 2.14 bits per heavy atom. The highest BCUT2D eigenvalue weighted by Gasteiger charge is 2.10. The Hall–Kier alpha value is -4.10. The van der Waals surface area contributed by atoms with Gasteiger partial charge in [-0.15, -0.1) is 0 Å². The molecule has 0 bridgehead atoms. The molecule has 0 aliphatic heterocycles. The van der Waals surface area contributed by atoms with Gasteiger partial charge in [-0.3, -0.25) is 10.1 Å². The summed E-state index contributed by atoms with van der Waals surface area (Å²) in [7, 11) is 1.57. The van der Waals surface area contributed by atoms with Crippen LogP contribution in [-0.4, -0.2) is 33.2 Å². The van der Waals surface area contributed by atoms with Gasteiger partial charge >= 0.3 is 0 Å². The van der Waals surface area contributed by atoms with E-state index >= 15 is 0 Å². The Bertz CT molecular complexity index is 1400. The molecule has 4 rings (SSSR count). The number of nitro benzene ring substituents is 1. The number of para-hydroxylation sites is 1. The zero-order valence-electron chi connectivity index (χ0n) is 18.6. The molecule has 0 saturated carbocycles. The summed E-state index contributed by atoms with van der Waals surface area (Å²) in [6.45, 7) is 0. The van der Waals surface area contributed by atoms with Crippen LogP contribution in [0.4, 0.5) is 34.9 Å². The van der Waals surface area contributed by atoms with Crippen molar-refractivity contribution in [3.63, 3.8) is 0 Å². The molecule has 0 aliphatic rings. The van der Waals surface area contributed by atoms with Crippen molar-refractivity contribution in [2.75, 3.05) is 23.2 Å². The third kappa shape index (κ3) is 6.52. The average molecular weight is 614 g/mol. The van der Waals surface area contributed by atoms with Gasteiger partial charge in [-0.2, -0.15) is 20.1 Å². The number of nitrogens with one attached hydrogen (secondary N) is 3. The maximum absolute atomic E-state index is 10.9. The zero-order chi connectivity index (χ0) is 25.5. The van der Waals surface area contributed by atoms with Gasteiger partial charge in [0.1, 0.15) is 5.75 Å². The standard InChI is InChI=1S/C23H18Br2N8O3/c1-36-20-14(11-15(24)12-19(20)25)13-26-32-23-30-21(27-16-5-3-2-4-6-16)29-22(31-23)28-17-7-9-18(10-8-17)33(34)35/h2-13H,1H3,(H3,27,28,29,30,31,32)/b26-13+. The van der Waals surface area contributed by atoms with Crippen LogP contribution in [-0.2, 0) is 0 Å². The molecule has 0 unspecified atom stereocenters. The fraction of sp³-hybridized carbons (Fsp3) is 0.0435. The van der Waals surface area contributed by atoms with Crippen molar-refractivity contribution in [2.24, 2.45) is 5.10 Å². The summed E-state index contributed by atoms with van der Waals surface area (Å²) in [5, 5.41) is 21.3. The van der Waals surface area contributed by atoms with Crippen LogP contribution < -0.4 is 20.8 Å². The lowest BCUT2D eigenvalue weighted by Crippen LogP contribution is -2.07. The summed E-state index contributed by atoms with van der Waals surface area (Å²) in [5.41, 5.74) is 4.85. The van der Waals surface area contributed by atoms with Crippen LogP contribution >= 0.6 is 31.9 Å². The number of hydrazone groups is 1. The Labute approximate surface area is 222 Å². The number of aromatic nitrogens is 3. The number of anilines is 5. The Morgan fingerprint density at radius 1 is 0.917 bits per heavy atom. The maximum Gasteiger partial charge on any atom is 0.269 e. The van der Waals surface area contributed by atoms with E-state index in [2.05, 4.69) is 68.0 Å². The highest BCUT2D eigenvalue weighted by Crippen LogP contribution is 2.31. The topological polar surface area (TPSA) is 139 Å². The minimum atomic E-state index is -0.465. The number of halogens is 2. The van der Waals surface area contributed by atoms with Gasteiger partial charge in [-0.1, -0.05) is 34.1 Å². The number of hydrogen-bond acceptors (Lipinski definition) is 10. The summed E-state index contributed by atoms with van der Waals surface area (Å²) in [4.78, 5) is 23.6. The lowest BCUT2D eigenvalue weighted by molar-refractivity contribution is -0.384. The molecular weight excluding hydrogens is 596 g/mol. The van der Waals surface area contributed by atoms with Crippen molar-refractivity contribution in [2.45, 2.75) is 0 Å². The molecule has 0 aliphatic carbocycles. The van der Waals surface area contributed by atoms with E-state index in [1.165, 1.54) is 12.1 Å². The summed E-state index contributed by atoms with van der Waals surface area (Å²) >= 11 is 6.92. The first-order valence-electron chi connectivity index (χ1n) is 10.3. The van der Waals surface area contributed by atoms with E-state index in [9.17, 15) is 10.1 Å². The van der Waals surface area contributed by atoms with Crippen LogP contribution in [0.2, 0.25) is 0 Å². The van der Waals surface area contributed by atoms with Gasteiger partial charge in [0.25, 0.3) is 5.69 Å². The fourth-order valence-electron chi connectivity index (χ4n) is 3.03. The van der Waals surface area contributed by atoms with Crippen LogP contribution in [0.25, 0.3) is 0 Å². The summed E-state index contributed by atoms with van der Waals surface area (Å²) in [6, 6.07) is 19.0. The van der Waals surface area contributed by atoms with E-state index in [-0.39, 0.29) is 23.5 Å². The number of nitro groups is 1. The molecule has 13 heteroatoms. The third-order valence-electron chi connectivity index (χ3n) is 4.61. The molecular formula is C23H18Br2N8O3. The monoisotopic (exact) mass is 612 g/mol. The van der Waals surface area contributed by atoms with E-state index < -0.39 is 4.92 Å². The van der Waals surface area contributed by atoms with Crippen LogP contribution in [0, 0.1) is 10.1 Å². The van der Waals surface area contributed by atoms with Crippen molar-refractivity contribution >= 4 is 73.0 Å². The number of benzene rings is 3. The van der Waals surface area contributed by atoms with E-state index in [0.717, 1.165) is 14.6 Å². The van der Waals surface area contributed by atoms with Crippen molar-refractivity contribution in [1.82, 2.24) is 15.0 Å². The predicted molar refractivity (Wildman–Crippen MR) is 146 cm³/mol. The Balaban J connectivity index is 1.60. The SMILES string of the molecule is COc1c(Br)cc(Br)cc1/C=N/Nc1nc(Nc2ccccc2)nc(Nc2ccc([N+](=O)[O-])cc2)n1. The van der Waals surface area contributed by atoms with Crippen LogP contribution in [0.3, 0.4) is 0 Å². The average Bonchev–Trinajstić information content (AvgIpc) is 2.85. The van der Waals surface area contributed by atoms with Crippen LogP contribution in [0.5, 0.6) is 5.75 Å². The number of methoxy groups -OCH3 is 1. The second kappa shape index (κ2) is 11.6. The molecule has 0 saturated heterocycles. The summed E-state index contributed by atoms with van der Waals surface area (Å²) < 4.78 is 7.05. The van der Waals surface area contributed by atoms with Crippen LogP contribution in [0.1, 0.15) is 5.56 Å². The molecule has 0 fully saturated rings. The number of nitrogens with zero attached hydrogens (tertiary/aromatic N) is 5. The van der Waals surface area contributed by atoms with E-state index in [1.807, 2.05) is 42.5 Å². The molecule has 3 aromatic carbocycles. The molecule has 0 atom stereocenters. The normalized spacial score (nSPS) is 10.8. The van der Waals surface area contributed by atoms with Crippen molar-refractivity contribution in [3.05, 3.63) is 91.4 Å². The largest absolute Gasteiger partial charge is 0.495 e. The second-order valence-corrected chi connectivity index (χ2v) is 8.88.